The van der Waals surface area contributed by atoms with Crippen molar-refractivity contribution in [2.24, 2.45) is 5.73 Å². The summed E-state index contributed by atoms with van der Waals surface area (Å²) in [7, 11) is 0. The Morgan fingerprint density at radius 1 is 1.45 bits per heavy atom. The predicted molar refractivity (Wildman–Crippen MR) is 78.7 cm³/mol. The maximum Gasteiger partial charge on any atom is 0.238 e. The van der Waals surface area contributed by atoms with Crippen LogP contribution in [-0.2, 0) is 4.79 Å². The van der Waals surface area contributed by atoms with Crippen molar-refractivity contribution >= 4 is 24.0 Å². The third-order valence-corrected chi connectivity index (χ3v) is 3.06. The minimum atomic E-state index is -0.217. The number of H-pyrrole nitrogens is 1. The van der Waals surface area contributed by atoms with E-state index in [0.717, 1.165) is 11.4 Å². The summed E-state index contributed by atoms with van der Waals surface area (Å²) in [4.78, 5) is 15.7. The van der Waals surface area contributed by atoms with Gasteiger partial charge in [-0.05, 0) is 25.0 Å². The van der Waals surface area contributed by atoms with Gasteiger partial charge in [-0.2, -0.15) is 5.10 Å². The first-order valence-electron chi connectivity index (χ1n) is 6.29. The highest BCUT2D eigenvalue weighted by atomic mass is 35.5. The topological polar surface area (TPSA) is 96.7 Å². The number of hydrogen-bond donors (Lipinski definition) is 3. The monoisotopic (exact) mass is 293 g/mol. The van der Waals surface area contributed by atoms with Gasteiger partial charge in [-0.1, -0.05) is 12.1 Å². The second kappa shape index (κ2) is 6.02. The van der Waals surface area contributed by atoms with Crippen LogP contribution >= 0.6 is 12.4 Å². The standard InChI is InChI=1S/C13H15N5O.ClH/c14-7-11(19)15-10-3-1-2-9(6-10)13-16-12(17-18-13)8-4-5-8;/h1-3,6,8H,4-5,7,14H2,(H,15,19)(H,16,17,18);1H. The molecule has 0 bridgehead atoms. The molecule has 0 radical (unpaired) electrons. The zero-order chi connectivity index (χ0) is 13.2. The molecule has 7 heteroatoms. The van der Waals surface area contributed by atoms with E-state index in [1.165, 1.54) is 12.8 Å². The van der Waals surface area contributed by atoms with Gasteiger partial charge in [0.1, 0.15) is 5.82 Å². The second-order valence-electron chi connectivity index (χ2n) is 4.65. The van der Waals surface area contributed by atoms with Gasteiger partial charge < -0.3 is 11.1 Å². The van der Waals surface area contributed by atoms with Crippen LogP contribution in [0.5, 0.6) is 0 Å². The van der Waals surface area contributed by atoms with Crippen LogP contribution in [0.1, 0.15) is 24.6 Å². The van der Waals surface area contributed by atoms with E-state index in [9.17, 15) is 4.79 Å². The molecule has 0 unspecified atom stereocenters. The molecule has 4 N–H and O–H groups in total. The summed E-state index contributed by atoms with van der Waals surface area (Å²) in [6.07, 6.45) is 2.36. The minimum absolute atomic E-state index is 0. The fraction of sp³-hybridized carbons (Fsp3) is 0.308. The normalized spacial score (nSPS) is 13.7. The Morgan fingerprint density at radius 3 is 2.95 bits per heavy atom. The van der Waals surface area contributed by atoms with Crippen molar-refractivity contribution in [2.75, 3.05) is 11.9 Å². The first kappa shape index (κ1) is 14.5. The summed E-state index contributed by atoms with van der Waals surface area (Å²) in [5.41, 5.74) is 6.84. The van der Waals surface area contributed by atoms with Crippen molar-refractivity contribution in [1.29, 1.82) is 0 Å². The molecule has 20 heavy (non-hydrogen) atoms. The van der Waals surface area contributed by atoms with E-state index in [1.54, 1.807) is 0 Å². The highest BCUT2D eigenvalue weighted by Gasteiger charge is 2.27. The highest BCUT2D eigenvalue weighted by molar-refractivity contribution is 5.92. The fourth-order valence-electron chi connectivity index (χ4n) is 1.89. The molecule has 1 aromatic heterocycles. The summed E-state index contributed by atoms with van der Waals surface area (Å²) in [5.74, 6) is 1.93. The molecule has 2 aromatic rings. The number of nitrogens with two attached hydrogens (primary N) is 1. The number of carbonyl (C=O) groups excluding carboxylic acids is 1. The average molecular weight is 294 g/mol. The van der Waals surface area contributed by atoms with E-state index >= 15 is 0 Å². The van der Waals surface area contributed by atoms with E-state index in [0.29, 0.717) is 17.4 Å². The Kier molecular flexibility index (Phi) is 4.36. The van der Waals surface area contributed by atoms with Gasteiger partial charge in [0.05, 0.1) is 6.54 Å². The molecule has 1 saturated carbocycles. The number of carbonyl (C=O) groups is 1. The molecule has 0 saturated heterocycles. The molecule has 0 atom stereocenters. The van der Waals surface area contributed by atoms with Crippen LogP contribution in [0.15, 0.2) is 24.3 Å². The van der Waals surface area contributed by atoms with Crippen molar-refractivity contribution < 1.29 is 4.79 Å². The van der Waals surface area contributed by atoms with Crippen LogP contribution in [0.25, 0.3) is 11.4 Å². The zero-order valence-corrected chi connectivity index (χ0v) is 11.6. The number of anilines is 1. The average Bonchev–Trinajstić information content (AvgIpc) is 3.16. The summed E-state index contributed by atoms with van der Waals surface area (Å²) in [6.45, 7) is -0.0310. The Hall–Kier alpha value is -1.92. The van der Waals surface area contributed by atoms with Crippen LogP contribution < -0.4 is 11.1 Å². The number of rotatable bonds is 4. The van der Waals surface area contributed by atoms with Gasteiger partial charge in [0.15, 0.2) is 5.82 Å². The summed E-state index contributed by atoms with van der Waals surface area (Å²) < 4.78 is 0. The van der Waals surface area contributed by atoms with Crippen molar-refractivity contribution in [3.05, 3.63) is 30.1 Å². The Labute approximate surface area is 122 Å². The number of aromatic amines is 1. The van der Waals surface area contributed by atoms with Crippen molar-refractivity contribution in [2.45, 2.75) is 18.8 Å². The number of nitrogens with one attached hydrogen (secondary N) is 2. The Morgan fingerprint density at radius 2 is 2.25 bits per heavy atom. The number of hydrogen-bond acceptors (Lipinski definition) is 4. The quantitative estimate of drug-likeness (QED) is 0.799. The summed E-state index contributed by atoms with van der Waals surface area (Å²) >= 11 is 0. The van der Waals surface area contributed by atoms with Gasteiger partial charge in [0.25, 0.3) is 0 Å². The largest absolute Gasteiger partial charge is 0.325 e. The third-order valence-electron chi connectivity index (χ3n) is 3.06. The van der Waals surface area contributed by atoms with E-state index in [-0.39, 0.29) is 24.9 Å². The molecule has 1 aliphatic carbocycles. The molecule has 106 valence electrons. The molecular formula is C13H16ClN5O. The van der Waals surface area contributed by atoms with E-state index in [2.05, 4.69) is 20.5 Å². The molecule has 1 amide bonds. The molecule has 1 aromatic carbocycles. The van der Waals surface area contributed by atoms with Crippen LogP contribution in [0.3, 0.4) is 0 Å². The van der Waals surface area contributed by atoms with Crippen molar-refractivity contribution in [1.82, 2.24) is 15.2 Å². The number of halogens is 1. The molecule has 0 aliphatic heterocycles. The lowest BCUT2D eigenvalue weighted by Crippen LogP contribution is -2.21. The summed E-state index contributed by atoms with van der Waals surface area (Å²) in [5, 5.41) is 9.90. The van der Waals surface area contributed by atoms with Crippen molar-refractivity contribution in [3.8, 4) is 11.4 Å². The van der Waals surface area contributed by atoms with E-state index < -0.39 is 0 Å². The first-order chi connectivity index (χ1) is 9.26. The van der Waals surface area contributed by atoms with E-state index in [1.807, 2.05) is 24.3 Å². The van der Waals surface area contributed by atoms with Gasteiger partial charge >= 0.3 is 0 Å². The van der Waals surface area contributed by atoms with Gasteiger partial charge in [-0.25, -0.2) is 4.98 Å². The summed E-state index contributed by atoms with van der Waals surface area (Å²) in [6, 6.07) is 7.42. The second-order valence-corrected chi connectivity index (χ2v) is 4.65. The van der Waals surface area contributed by atoms with Gasteiger partial charge in [0, 0.05) is 17.2 Å². The van der Waals surface area contributed by atoms with Crippen LogP contribution in [0.4, 0.5) is 5.69 Å². The lowest BCUT2D eigenvalue weighted by atomic mass is 10.2. The van der Waals surface area contributed by atoms with Crippen LogP contribution in [0, 0.1) is 0 Å². The smallest absolute Gasteiger partial charge is 0.238 e. The fourth-order valence-corrected chi connectivity index (χ4v) is 1.89. The molecular weight excluding hydrogens is 278 g/mol. The van der Waals surface area contributed by atoms with Crippen LogP contribution in [0.2, 0.25) is 0 Å². The Bertz CT molecular complexity index is 608. The maximum absolute atomic E-state index is 11.3. The zero-order valence-electron chi connectivity index (χ0n) is 10.8. The number of amides is 1. The molecule has 1 fully saturated rings. The van der Waals surface area contributed by atoms with Crippen molar-refractivity contribution in [3.63, 3.8) is 0 Å². The molecule has 1 heterocycles. The first-order valence-corrected chi connectivity index (χ1v) is 6.29. The maximum atomic E-state index is 11.3. The third kappa shape index (κ3) is 3.15. The predicted octanol–water partition coefficient (Wildman–Crippen LogP) is 1.67. The minimum Gasteiger partial charge on any atom is -0.325 e. The highest BCUT2D eigenvalue weighted by Crippen LogP contribution is 2.38. The van der Waals surface area contributed by atoms with Gasteiger partial charge in [-0.15, -0.1) is 12.4 Å². The van der Waals surface area contributed by atoms with Gasteiger partial charge in [-0.3, -0.25) is 9.89 Å². The SMILES string of the molecule is Cl.NCC(=O)Nc1cccc(-c2n[nH]c(C3CC3)n2)c1. The van der Waals surface area contributed by atoms with E-state index in [4.69, 9.17) is 5.73 Å². The number of benzene rings is 1. The lowest BCUT2D eigenvalue weighted by molar-refractivity contribution is -0.114. The molecule has 0 spiro atoms. The van der Waals surface area contributed by atoms with Crippen LogP contribution in [-0.4, -0.2) is 27.6 Å². The molecule has 6 nitrogen and oxygen atoms in total. The lowest BCUT2D eigenvalue weighted by Gasteiger charge is -2.04. The Balaban J connectivity index is 0.00000147. The number of aromatic nitrogens is 3. The van der Waals surface area contributed by atoms with Gasteiger partial charge in [0.2, 0.25) is 5.91 Å². The number of nitrogens with zero attached hydrogens (tertiary/aromatic N) is 2. The molecule has 1 aliphatic rings. The molecule has 3 rings (SSSR count).